The van der Waals surface area contributed by atoms with E-state index in [4.69, 9.17) is 20.1 Å². The summed E-state index contributed by atoms with van der Waals surface area (Å²) in [5.41, 5.74) is 3.03. The van der Waals surface area contributed by atoms with Gasteiger partial charge in [-0.15, -0.1) is 0 Å². The first kappa shape index (κ1) is 19.2. The van der Waals surface area contributed by atoms with Crippen LogP contribution in [0.2, 0.25) is 0 Å². The molecule has 1 N–H and O–H groups in total. The van der Waals surface area contributed by atoms with Crippen LogP contribution in [0.4, 0.5) is 5.82 Å². The second-order valence-electron chi connectivity index (χ2n) is 7.52. The van der Waals surface area contributed by atoms with Gasteiger partial charge in [-0.25, -0.2) is 4.98 Å². The van der Waals surface area contributed by atoms with Crippen molar-refractivity contribution in [2.24, 2.45) is 0 Å². The number of pyridine rings is 1. The summed E-state index contributed by atoms with van der Waals surface area (Å²) in [5.74, 6) is 1.60. The lowest BCUT2D eigenvalue weighted by molar-refractivity contribution is 0.0745. The molecule has 1 fully saturated rings. The number of nitrogens with zero attached hydrogens (tertiary/aromatic N) is 4. The Morgan fingerprint density at radius 3 is 2.83 bits per heavy atom. The molecule has 1 saturated heterocycles. The predicted molar refractivity (Wildman–Crippen MR) is 108 cm³/mol. The molecule has 7 heteroatoms. The lowest BCUT2D eigenvalue weighted by Gasteiger charge is -2.34. The number of piperidine rings is 1. The van der Waals surface area contributed by atoms with E-state index < -0.39 is 0 Å². The molecule has 1 aromatic carbocycles. The molecule has 0 aliphatic carbocycles. The van der Waals surface area contributed by atoms with Crippen molar-refractivity contribution in [1.29, 1.82) is 5.26 Å². The fourth-order valence-electron chi connectivity index (χ4n) is 4.01. The molecule has 1 amide bonds. The van der Waals surface area contributed by atoms with Crippen molar-refractivity contribution in [1.82, 2.24) is 9.88 Å². The third kappa shape index (κ3) is 3.89. The predicted octanol–water partition coefficient (Wildman–Crippen LogP) is 2.26. The van der Waals surface area contributed by atoms with Gasteiger partial charge in [0.05, 0.1) is 36.0 Å². The number of hydrogen-bond donors (Lipinski definition) is 1. The van der Waals surface area contributed by atoms with Gasteiger partial charge in [0.2, 0.25) is 0 Å². The summed E-state index contributed by atoms with van der Waals surface area (Å²) < 4.78 is 6.07. The first-order chi connectivity index (χ1) is 14.1. The minimum atomic E-state index is -0.0529. The van der Waals surface area contributed by atoms with Crippen LogP contribution in [-0.2, 0) is 6.54 Å². The maximum absolute atomic E-state index is 12.4. The highest BCUT2D eigenvalue weighted by molar-refractivity contribution is 5.98. The quantitative estimate of drug-likeness (QED) is 0.840. The van der Waals surface area contributed by atoms with Gasteiger partial charge in [0, 0.05) is 32.5 Å². The maximum atomic E-state index is 12.4. The van der Waals surface area contributed by atoms with Crippen LogP contribution in [0, 0.1) is 18.3 Å². The minimum Gasteiger partial charge on any atom is -0.490 e. The minimum absolute atomic E-state index is 0.0453. The Hall–Kier alpha value is -3.11. The van der Waals surface area contributed by atoms with E-state index in [1.807, 2.05) is 25.1 Å². The van der Waals surface area contributed by atoms with Gasteiger partial charge in [0.1, 0.15) is 17.7 Å². The first-order valence-corrected chi connectivity index (χ1v) is 9.91. The van der Waals surface area contributed by atoms with Crippen molar-refractivity contribution in [3.8, 4) is 11.8 Å². The second-order valence-corrected chi connectivity index (χ2v) is 7.52. The van der Waals surface area contributed by atoms with E-state index in [0.29, 0.717) is 24.2 Å². The summed E-state index contributed by atoms with van der Waals surface area (Å²) in [6, 6.07) is 11.3. The SMILES string of the molecule is Cc1cc2c(nc1N1CCC(Oc3cccc(C#N)c3)CC1)CN(CCO)C2=O. The number of rotatable bonds is 5. The molecule has 1 aromatic heterocycles. The Morgan fingerprint density at radius 2 is 2.10 bits per heavy atom. The molecule has 0 unspecified atom stereocenters. The van der Waals surface area contributed by atoms with Gasteiger partial charge in [0.25, 0.3) is 5.91 Å². The molecular weight excluding hydrogens is 368 g/mol. The average molecular weight is 392 g/mol. The van der Waals surface area contributed by atoms with Gasteiger partial charge in [0.15, 0.2) is 0 Å². The lowest BCUT2D eigenvalue weighted by Crippen LogP contribution is -2.39. The van der Waals surface area contributed by atoms with E-state index in [9.17, 15) is 4.79 Å². The number of β-amino-alcohol motifs (C(OH)–C–C–N with tert-alkyl or cyclic N) is 1. The Labute approximate surface area is 170 Å². The first-order valence-electron chi connectivity index (χ1n) is 9.91. The highest BCUT2D eigenvalue weighted by Crippen LogP contribution is 2.29. The lowest BCUT2D eigenvalue weighted by atomic mass is 10.1. The molecule has 0 bridgehead atoms. The Bertz CT molecular complexity index is 961. The molecule has 0 saturated carbocycles. The van der Waals surface area contributed by atoms with Crippen LogP contribution in [0.3, 0.4) is 0 Å². The number of benzene rings is 1. The number of amides is 1. The van der Waals surface area contributed by atoms with Crippen molar-refractivity contribution in [2.45, 2.75) is 32.4 Å². The fourth-order valence-corrected chi connectivity index (χ4v) is 4.01. The zero-order valence-electron chi connectivity index (χ0n) is 16.5. The number of aliphatic hydroxyl groups excluding tert-OH is 1. The van der Waals surface area contributed by atoms with E-state index >= 15 is 0 Å². The Morgan fingerprint density at radius 1 is 1.31 bits per heavy atom. The van der Waals surface area contributed by atoms with E-state index in [-0.39, 0.29) is 18.6 Å². The third-order valence-electron chi connectivity index (χ3n) is 5.50. The molecule has 0 atom stereocenters. The maximum Gasteiger partial charge on any atom is 0.256 e. The number of anilines is 1. The van der Waals surface area contributed by atoms with Crippen LogP contribution in [0.5, 0.6) is 5.75 Å². The largest absolute Gasteiger partial charge is 0.490 e. The molecule has 0 spiro atoms. The highest BCUT2D eigenvalue weighted by Gasteiger charge is 2.31. The molecule has 4 rings (SSSR count). The Balaban J connectivity index is 1.42. The summed E-state index contributed by atoms with van der Waals surface area (Å²) in [6.07, 6.45) is 1.84. The summed E-state index contributed by atoms with van der Waals surface area (Å²) >= 11 is 0. The summed E-state index contributed by atoms with van der Waals surface area (Å²) in [4.78, 5) is 21.1. The second kappa shape index (κ2) is 8.10. The van der Waals surface area contributed by atoms with Gasteiger partial charge < -0.3 is 19.6 Å². The molecule has 0 radical (unpaired) electrons. The van der Waals surface area contributed by atoms with Crippen molar-refractivity contribution in [3.63, 3.8) is 0 Å². The number of ether oxygens (including phenoxy) is 1. The summed E-state index contributed by atoms with van der Waals surface area (Å²) in [5, 5.41) is 18.2. The molecule has 2 aliphatic rings. The van der Waals surface area contributed by atoms with Crippen LogP contribution in [0.1, 0.15) is 40.0 Å². The van der Waals surface area contributed by atoms with Crippen molar-refractivity contribution in [3.05, 3.63) is 52.7 Å². The molecule has 7 nitrogen and oxygen atoms in total. The number of nitriles is 1. The fraction of sp³-hybridized carbons (Fsp3) is 0.409. The Kier molecular flexibility index (Phi) is 5.36. The third-order valence-corrected chi connectivity index (χ3v) is 5.50. The molecular formula is C22H24N4O3. The number of hydrogen-bond acceptors (Lipinski definition) is 6. The van der Waals surface area contributed by atoms with Gasteiger partial charge in [-0.05, 0) is 36.8 Å². The van der Waals surface area contributed by atoms with Crippen molar-refractivity contribution >= 4 is 11.7 Å². The standard InChI is InChI=1S/C22H24N4O3/c1-15-11-19-20(14-26(9-10-27)22(19)28)24-21(15)25-7-5-17(6-8-25)29-18-4-2-3-16(12-18)13-23/h2-4,11-12,17,27H,5-10,14H2,1H3. The highest BCUT2D eigenvalue weighted by atomic mass is 16.5. The number of aliphatic hydroxyl groups is 1. The molecule has 29 heavy (non-hydrogen) atoms. The normalized spacial score (nSPS) is 16.7. The zero-order valence-corrected chi connectivity index (χ0v) is 16.5. The monoisotopic (exact) mass is 392 g/mol. The van der Waals surface area contributed by atoms with Gasteiger partial charge in [-0.3, -0.25) is 4.79 Å². The summed E-state index contributed by atoms with van der Waals surface area (Å²) in [6.45, 7) is 4.38. The van der Waals surface area contributed by atoms with Crippen LogP contribution < -0.4 is 9.64 Å². The van der Waals surface area contributed by atoms with Crippen LogP contribution in [0.25, 0.3) is 0 Å². The number of fused-ring (bicyclic) bond motifs is 1. The van der Waals surface area contributed by atoms with Crippen LogP contribution in [-0.4, -0.2) is 53.2 Å². The number of carbonyl (C=O) groups is 1. The summed E-state index contributed by atoms with van der Waals surface area (Å²) in [7, 11) is 0. The number of aromatic nitrogens is 1. The number of carbonyl (C=O) groups excluding carboxylic acids is 1. The smallest absolute Gasteiger partial charge is 0.256 e. The topological polar surface area (TPSA) is 89.7 Å². The number of aryl methyl sites for hydroxylation is 1. The van der Waals surface area contributed by atoms with Gasteiger partial charge in [-0.1, -0.05) is 6.07 Å². The van der Waals surface area contributed by atoms with Gasteiger partial charge in [-0.2, -0.15) is 5.26 Å². The van der Waals surface area contributed by atoms with Crippen LogP contribution in [0.15, 0.2) is 30.3 Å². The van der Waals surface area contributed by atoms with E-state index in [2.05, 4.69) is 11.0 Å². The van der Waals surface area contributed by atoms with Crippen molar-refractivity contribution < 1.29 is 14.6 Å². The van der Waals surface area contributed by atoms with Crippen molar-refractivity contribution in [2.75, 3.05) is 31.1 Å². The van der Waals surface area contributed by atoms with Gasteiger partial charge >= 0.3 is 0 Å². The van der Waals surface area contributed by atoms with E-state index in [1.54, 1.807) is 17.0 Å². The molecule has 3 heterocycles. The zero-order chi connectivity index (χ0) is 20.4. The van der Waals surface area contributed by atoms with Crippen LogP contribution >= 0.6 is 0 Å². The van der Waals surface area contributed by atoms with E-state index in [0.717, 1.165) is 48.8 Å². The molecule has 150 valence electrons. The molecule has 2 aromatic rings. The average Bonchev–Trinajstić information content (AvgIpc) is 3.03. The molecule has 2 aliphatic heterocycles. The van der Waals surface area contributed by atoms with E-state index in [1.165, 1.54) is 0 Å².